The Labute approximate surface area is 115 Å². The Morgan fingerprint density at radius 3 is 2.21 bits per heavy atom. The summed E-state index contributed by atoms with van der Waals surface area (Å²) in [6.07, 6.45) is 0.777. The van der Waals surface area contributed by atoms with Gasteiger partial charge in [-0.15, -0.1) is 0 Å². The van der Waals surface area contributed by atoms with Crippen molar-refractivity contribution in [2.24, 2.45) is 5.73 Å². The molecule has 2 heteroatoms. The Morgan fingerprint density at radius 2 is 1.63 bits per heavy atom. The minimum atomic E-state index is -0.104. The van der Waals surface area contributed by atoms with Crippen molar-refractivity contribution in [1.29, 1.82) is 0 Å². The maximum atomic E-state index is 6.21. The van der Waals surface area contributed by atoms with E-state index in [0.717, 1.165) is 17.7 Å². The van der Waals surface area contributed by atoms with E-state index in [4.69, 9.17) is 10.5 Å². The number of ether oxygens (including phenoxy) is 1. The lowest BCUT2D eigenvalue weighted by Gasteiger charge is -2.25. The lowest BCUT2D eigenvalue weighted by atomic mass is 10.00. The molecule has 0 aliphatic carbocycles. The van der Waals surface area contributed by atoms with E-state index in [1.807, 2.05) is 30.3 Å². The Hall–Kier alpha value is -1.80. The molecule has 2 aromatic rings. The van der Waals surface area contributed by atoms with Gasteiger partial charge in [-0.2, -0.15) is 0 Å². The summed E-state index contributed by atoms with van der Waals surface area (Å²) >= 11 is 0. The molecule has 0 heterocycles. The van der Waals surface area contributed by atoms with Gasteiger partial charge in [-0.25, -0.2) is 0 Å². The predicted molar refractivity (Wildman–Crippen MR) is 79.3 cm³/mol. The number of para-hydroxylation sites is 1. The molecule has 2 N–H and O–H groups in total. The second-order valence-corrected chi connectivity index (χ2v) is 4.83. The van der Waals surface area contributed by atoms with E-state index in [1.54, 1.807) is 0 Å². The van der Waals surface area contributed by atoms with Crippen LogP contribution in [0.15, 0.2) is 54.6 Å². The second-order valence-electron chi connectivity index (χ2n) is 4.83. The van der Waals surface area contributed by atoms with E-state index in [1.165, 1.54) is 5.56 Å². The second kappa shape index (κ2) is 6.39. The fraction of sp³-hybridized carbons (Fsp3) is 0.294. The Morgan fingerprint density at radius 1 is 1.00 bits per heavy atom. The van der Waals surface area contributed by atoms with Gasteiger partial charge in [0.25, 0.3) is 0 Å². The molecule has 2 atom stereocenters. The topological polar surface area (TPSA) is 35.2 Å². The number of benzene rings is 2. The molecule has 0 bridgehead atoms. The highest BCUT2D eigenvalue weighted by molar-refractivity contribution is 5.27. The van der Waals surface area contributed by atoms with Crippen molar-refractivity contribution in [2.75, 3.05) is 0 Å². The summed E-state index contributed by atoms with van der Waals surface area (Å²) in [6, 6.07) is 18.2. The van der Waals surface area contributed by atoms with Crippen LogP contribution in [-0.4, -0.2) is 6.04 Å². The van der Waals surface area contributed by atoms with Crippen LogP contribution in [0.2, 0.25) is 0 Å². The summed E-state index contributed by atoms with van der Waals surface area (Å²) in [5.74, 6) is 0.858. The molecule has 2 nitrogen and oxygen atoms in total. The van der Waals surface area contributed by atoms with Crippen molar-refractivity contribution in [1.82, 2.24) is 0 Å². The molecular formula is C17H21NO. The minimum Gasteiger partial charge on any atom is -0.484 e. The molecule has 0 saturated carbocycles. The molecule has 2 rings (SSSR count). The lowest BCUT2D eigenvalue weighted by Crippen LogP contribution is -2.31. The zero-order valence-corrected chi connectivity index (χ0v) is 11.5. The number of nitrogens with two attached hydrogens (primary N) is 1. The molecule has 0 spiro atoms. The van der Waals surface area contributed by atoms with Crippen molar-refractivity contribution in [3.05, 3.63) is 65.7 Å². The Balaban J connectivity index is 2.23. The van der Waals surface area contributed by atoms with Crippen LogP contribution in [0.5, 0.6) is 5.75 Å². The van der Waals surface area contributed by atoms with Gasteiger partial charge in [0.15, 0.2) is 0 Å². The van der Waals surface area contributed by atoms with E-state index in [-0.39, 0.29) is 12.1 Å². The lowest BCUT2D eigenvalue weighted by molar-refractivity contribution is 0.171. The number of rotatable bonds is 5. The van der Waals surface area contributed by atoms with Crippen LogP contribution in [-0.2, 0) is 0 Å². The van der Waals surface area contributed by atoms with Crippen LogP contribution >= 0.6 is 0 Å². The van der Waals surface area contributed by atoms with Crippen molar-refractivity contribution < 1.29 is 4.74 Å². The quantitative estimate of drug-likeness (QED) is 0.880. The summed E-state index contributed by atoms with van der Waals surface area (Å²) in [7, 11) is 0. The van der Waals surface area contributed by atoms with Crippen LogP contribution < -0.4 is 10.5 Å². The zero-order valence-electron chi connectivity index (χ0n) is 11.5. The minimum absolute atomic E-state index is 0.0112. The smallest absolute Gasteiger partial charge is 0.139 e. The maximum Gasteiger partial charge on any atom is 0.139 e. The van der Waals surface area contributed by atoms with Crippen molar-refractivity contribution in [3.8, 4) is 5.75 Å². The molecule has 0 saturated heterocycles. The van der Waals surface area contributed by atoms with Gasteiger partial charge in [-0.05, 0) is 31.0 Å². The van der Waals surface area contributed by atoms with Gasteiger partial charge in [0.05, 0.1) is 0 Å². The van der Waals surface area contributed by atoms with Crippen LogP contribution in [0.25, 0.3) is 0 Å². The van der Waals surface area contributed by atoms with E-state index < -0.39 is 0 Å². The molecule has 100 valence electrons. The highest BCUT2D eigenvalue weighted by Gasteiger charge is 2.20. The van der Waals surface area contributed by atoms with Gasteiger partial charge in [-0.3, -0.25) is 0 Å². The fourth-order valence-corrected chi connectivity index (χ4v) is 2.02. The first kappa shape index (κ1) is 13.6. The van der Waals surface area contributed by atoms with Crippen molar-refractivity contribution >= 4 is 0 Å². The Bertz CT molecular complexity index is 492. The van der Waals surface area contributed by atoms with Gasteiger partial charge in [0.2, 0.25) is 0 Å². The average molecular weight is 255 g/mol. The van der Waals surface area contributed by atoms with Crippen LogP contribution in [0, 0.1) is 6.92 Å². The SMILES string of the molecule is CCC(N)C(Oc1ccccc1)c1ccc(C)cc1. The molecule has 0 amide bonds. The number of hydrogen-bond donors (Lipinski definition) is 1. The van der Waals surface area contributed by atoms with E-state index in [9.17, 15) is 0 Å². The maximum absolute atomic E-state index is 6.21. The molecule has 0 aromatic heterocycles. The summed E-state index contributed by atoms with van der Waals surface area (Å²) in [4.78, 5) is 0. The third-order valence-corrected chi connectivity index (χ3v) is 3.27. The normalized spacial score (nSPS) is 13.8. The summed E-state index contributed by atoms with van der Waals surface area (Å²) < 4.78 is 6.07. The fourth-order valence-electron chi connectivity index (χ4n) is 2.02. The molecular weight excluding hydrogens is 234 g/mol. The molecule has 0 aliphatic heterocycles. The van der Waals surface area contributed by atoms with Gasteiger partial charge < -0.3 is 10.5 Å². The number of hydrogen-bond acceptors (Lipinski definition) is 2. The third kappa shape index (κ3) is 3.58. The Kier molecular flexibility index (Phi) is 4.58. The molecule has 2 unspecified atom stereocenters. The van der Waals surface area contributed by atoms with Crippen LogP contribution in [0.4, 0.5) is 0 Å². The van der Waals surface area contributed by atoms with Gasteiger partial charge in [-0.1, -0.05) is 55.0 Å². The first-order valence-corrected chi connectivity index (χ1v) is 6.74. The summed E-state index contributed by atoms with van der Waals surface area (Å²) in [5, 5.41) is 0. The van der Waals surface area contributed by atoms with Gasteiger partial charge in [0.1, 0.15) is 11.9 Å². The van der Waals surface area contributed by atoms with Gasteiger partial charge >= 0.3 is 0 Å². The van der Waals surface area contributed by atoms with E-state index >= 15 is 0 Å². The van der Waals surface area contributed by atoms with E-state index in [0.29, 0.717) is 0 Å². The average Bonchev–Trinajstić information content (AvgIpc) is 2.46. The van der Waals surface area contributed by atoms with Crippen molar-refractivity contribution in [2.45, 2.75) is 32.4 Å². The highest BCUT2D eigenvalue weighted by atomic mass is 16.5. The highest BCUT2D eigenvalue weighted by Crippen LogP contribution is 2.25. The molecule has 19 heavy (non-hydrogen) atoms. The third-order valence-electron chi connectivity index (χ3n) is 3.27. The number of aryl methyl sites for hydroxylation is 1. The van der Waals surface area contributed by atoms with Crippen LogP contribution in [0.1, 0.15) is 30.6 Å². The predicted octanol–water partition coefficient (Wildman–Crippen LogP) is 3.85. The monoisotopic (exact) mass is 255 g/mol. The zero-order chi connectivity index (χ0) is 13.7. The summed E-state index contributed by atoms with van der Waals surface area (Å²) in [6.45, 7) is 4.16. The van der Waals surface area contributed by atoms with Crippen LogP contribution in [0.3, 0.4) is 0 Å². The van der Waals surface area contributed by atoms with Crippen molar-refractivity contribution in [3.63, 3.8) is 0 Å². The summed E-state index contributed by atoms with van der Waals surface area (Å²) in [5.41, 5.74) is 8.58. The first-order valence-electron chi connectivity index (χ1n) is 6.74. The first-order chi connectivity index (χ1) is 9.20. The largest absolute Gasteiger partial charge is 0.484 e. The van der Waals surface area contributed by atoms with Gasteiger partial charge in [0, 0.05) is 6.04 Å². The molecule has 0 fully saturated rings. The standard InChI is InChI=1S/C17H21NO/c1-3-16(18)17(14-11-9-13(2)10-12-14)19-15-7-5-4-6-8-15/h4-12,16-17H,3,18H2,1-2H3. The molecule has 0 aliphatic rings. The molecule has 2 aromatic carbocycles. The van der Waals surface area contributed by atoms with E-state index in [2.05, 4.69) is 38.1 Å². The molecule has 0 radical (unpaired) electrons.